The molecule has 0 aliphatic heterocycles. The first-order chi connectivity index (χ1) is 7.48. The van der Waals surface area contributed by atoms with Crippen LogP contribution in [0.1, 0.15) is 44.5 Å². The van der Waals surface area contributed by atoms with Gasteiger partial charge >= 0.3 is 0 Å². The molecule has 1 heterocycles. The molecule has 0 saturated heterocycles. The number of aromatic nitrogens is 1. The molecule has 0 bridgehead atoms. The fraction of sp³-hybridized carbons (Fsp3) is 0.583. The molecule has 1 aromatic rings. The topological polar surface area (TPSA) is 42.0 Å². The molecule has 0 radical (unpaired) electrons. The second-order valence-electron chi connectivity index (χ2n) is 5.13. The fourth-order valence-electron chi connectivity index (χ4n) is 1.84. The highest BCUT2D eigenvalue weighted by molar-refractivity contribution is 7.84. The molecule has 1 aliphatic rings. The van der Waals surface area contributed by atoms with Crippen molar-refractivity contribution in [3.8, 4) is 0 Å². The highest BCUT2D eigenvalue weighted by Gasteiger charge is 2.28. The molecule has 0 unspecified atom stereocenters. The van der Waals surface area contributed by atoms with Crippen LogP contribution in [0.2, 0.25) is 0 Å². The Morgan fingerprint density at radius 2 is 2.25 bits per heavy atom. The maximum atomic E-state index is 12.0. The number of nitrogens with one attached hydrogen (secondary N) is 1. The smallest absolute Gasteiger partial charge is 0.0975 e. The Balaban J connectivity index is 2.12. The second-order valence-corrected chi connectivity index (χ2v) is 7.13. The summed E-state index contributed by atoms with van der Waals surface area (Å²) in [5.74, 6) is 0. The van der Waals surface area contributed by atoms with E-state index in [0.717, 1.165) is 18.5 Å². The third kappa shape index (κ3) is 2.33. The summed E-state index contributed by atoms with van der Waals surface area (Å²) in [6.45, 7) is 5.94. The molecule has 0 fully saturated rings. The van der Waals surface area contributed by atoms with Crippen LogP contribution >= 0.6 is 0 Å². The molecule has 0 amide bonds. The SMILES string of the molecule is CC(C)(C)[S@](=O)N[C@@H]1CCc2ncccc21. The lowest BCUT2D eigenvalue weighted by atomic mass is 10.2. The van der Waals surface area contributed by atoms with E-state index in [2.05, 4.69) is 15.8 Å². The average molecular weight is 238 g/mol. The Labute approximate surface area is 99.3 Å². The van der Waals surface area contributed by atoms with E-state index in [0.29, 0.717) is 0 Å². The zero-order valence-corrected chi connectivity index (χ0v) is 10.8. The van der Waals surface area contributed by atoms with Crippen LogP contribution in [0.3, 0.4) is 0 Å². The van der Waals surface area contributed by atoms with Gasteiger partial charge in [-0.25, -0.2) is 8.93 Å². The summed E-state index contributed by atoms with van der Waals surface area (Å²) in [6.07, 6.45) is 3.80. The van der Waals surface area contributed by atoms with E-state index in [-0.39, 0.29) is 10.8 Å². The van der Waals surface area contributed by atoms with Crippen molar-refractivity contribution < 1.29 is 4.21 Å². The minimum atomic E-state index is -1.01. The molecule has 0 spiro atoms. The van der Waals surface area contributed by atoms with E-state index in [4.69, 9.17) is 0 Å². The molecule has 1 aliphatic carbocycles. The molecule has 2 rings (SSSR count). The molecule has 16 heavy (non-hydrogen) atoms. The van der Waals surface area contributed by atoms with Crippen LogP contribution in [0, 0.1) is 0 Å². The van der Waals surface area contributed by atoms with Crippen LogP contribution in [-0.2, 0) is 17.4 Å². The number of rotatable bonds is 2. The third-order valence-corrected chi connectivity index (χ3v) is 4.39. The van der Waals surface area contributed by atoms with Crippen molar-refractivity contribution in [2.75, 3.05) is 0 Å². The van der Waals surface area contributed by atoms with Crippen molar-refractivity contribution in [3.63, 3.8) is 0 Å². The second kappa shape index (κ2) is 4.26. The van der Waals surface area contributed by atoms with Crippen LogP contribution in [0.15, 0.2) is 18.3 Å². The highest BCUT2D eigenvalue weighted by Crippen LogP contribution is 2.30. The molecule has 0 saturated carbocycles. The lowest BCUT2D eigenvalue weighted by molar-refractivity contribution is 0.596. The lowest BCUT2D eigenvalue weighted by Crippen LogP contribution is -2.35. The van der Waals surface area contributed by atoms with Gasteiger partial charge in [0.1, 0.15) is 0 Å². The third-order valence-electron chi connectivity index (χ3n) is 2.78. The van der Waals surface area contributed by atoms with Gasteiger partial charge in [0.2, 0.25) is 0 Å². The summed E-state index contributed by atoms with van der Waals surface area (Å²) in [5.41, 5.74) is 2.35. The van der Waals surface area contributed by atoms with E-state index < -0.39 is 11.0 Å². The summed E-state index contributed by atoms with van der Waals surface area (Å²) in [6, 6.07) is 4.22. The van der Waals surface area contributed by atoms with Crippen LogP contribution in [0.4, 0.5) is 0 Å². The maximum absolute atomic E-state index is 12.0. The normalized spacial score (nSPS) is 21.8. The van der Waals surface area contributed by atoms with Crippen molar-refractivity contribution in [2.24, 2.45) is 0 Å². The van der Waals surface area contributed by atoms with Gasteiger partial charge in [0, 0.05) is 17.9 Å². The predicted molar refractivity (Wildman–Crippen MR) is 66.3 cm³/mol. The van der Waals surface area contributed by atoms with Gasteiger partial charge in [0.15, 0.2) is 0 Å². The summed E-state index contributed by atoms with van der Waals surface area (Å²) in [7, 11) is -1.01. The van der Waals surface area contributed by atoms with Gasteiger partial charge in [0.05, 0.1) is 15.7 Å². The van der Waals surface area contributed by atoms with Crippen LogP contribution in [0.5, 0.6) is 0 Å². The first-order valence-electron chi connectivity index (χ1n) is 5.60. The molecule has 88 valence electrons. The largest absolute Gasteiger partial charge is 0.261 e. The highest BCUT2D eigenvalue weighted by atomic mass is 32.2. The molecular formula is C12H18N2OS. The quantitative estimate of drug-likeness (QED) is 0.857. The molecule has 1 N–H and O–H groups in total. The minimum absolute atomic E-state index is 0.198. The van der Waals surface area contributed by atoms with Crippen molar-refractivity contribution in [1.29, 1.82) is 0 Å². The van der Waals surface area contributed by atoms with E-state index in [9.17, 15) is 4.21 Å². The number of hydrogen-bond acceptors (Lipinski definition) is 2. The Hall–Kier alpha value is -0.740. The number of aryl methyl sites for hydroxylation is 1. The summed E-state index contributed by atoms with van der Waals surface area (Å²) < 4.78 is 15.0. The summed E-state index contributed by atoms with van der Waals surface area (Å²) >= 11 is 0. The predicted octanol–water partition coefficient (Wildman–Crippen LogP) is 2.12. The van der Waals surface area contributed by atoms with Crippen molar-refractivity contribution in [3.05, 3.63) is 29.6 Å². The van der Waals surface area contributed by atoms with Gasteiger partial charge in [-0.1, -0.05) is 6.07 Å². The fourth-order valence-corrected chi connectivity index (χ4v) is 2.70. The minimum Gasteiger partial charge on any atom is -0.261 e. The number of nitrogens with zero attached hydrogens (tertiary/aromatic N) is 1. The van der Waals surface area contributed by atoms with Crippen LogP contribution in [0.25, 0.3) is 0 Å². The Morgan fingerprint density at radius 1 is 1.50 bits per heavy atom. The average Bonchev–Trinajstić information content (AvgIpc) is 2.61. The summed E-state index contributed by atoms with van der Waals surface area (Å²) in [5, 5.41) is 0. The molecule has 1 aromatic heterocycles. The number of fused-ring (bicyclic) bond motifs is 1. The molecule has 3 nitrogen and oxygen atoms in total. The van der Waals surface area contributed by atoms with Gasteiger partial charge < -0.3 is 0 Å². The Morgan fingerprint density at radius 3 is 2.94 bits per heavy atom. The maximum Gasteiger partial charge on any atom is 0.0975 e. The van der Waals surface area contributed by atoms with Crippen molar-refractivity contribution in [2.45, 2.75) is 44.4 Å². The van der Waals surface area contributed by atoms with Crippen LogP contribution in [-0.4, -0.2) is 13.9 Å². The van der Waals surface area contributed by atoms with Gasteiger partial charge in [-0.15, -0.1) is 0 Å². The number of pyridine rings is 1. The van der Waals surface area contributed by atoms with E-state index >= 15 is 0 Å². The van der Waals surface area contributed by atoms with E-state index in [1.165, 1.54) is 5.56 Å². The van der Waals surface area contributed by atoms with Gasteiger partial charge in [-0.3, -0.25) is 4.98 Å². The van der Waals surface area contributed by atoms with Gasteiger partial charge in [0.25, 0.3) is 0 Å². The van der Waals surface area contributed by atoms with Crippen molar-refractivity contribution in [1.82, 2.24) is 9.71 Å². The Bertz CT molecular complexity index is 412. The van der Waals surface area contributed by atoms with E-state index in [1.54, 1.807) is 0 Å². The monoisotopic (exact) mass is 238 g/mol. The van der Waals surface area contributed by atoms with E-state index in [1.807, 2.05) is 33.0 Å². The number of hydrogen-bond donors (Lipinski definition) is 1. The first kappa shape index (κ1) is 11.7. The van der Waals surface area contributed by atoms with Gasteiger partial charge in [-0.2, -0.15) is 0 Å². The molecular weight excluding hydrogens is 220 g/mol. The van der Waals surface area contributed by atoms with Crippen molar-refractivity contribution >= 4 is 11.0 Å². The Kier molecular flexibility index (Phi) is 3.13. The molecule has 2 atom stereocenters. The lowest BCUT2D eigenvalue weighted by Gasteiger charge is -2.21. The molecule has 4 heteroatoms. The zero-order valence-electron chi connectivity index (χ0n) is 9.99. The summed E-state index contributed by atoms with van der Waals surface area (Å²) in [4.78, 5) is 4.34. The van der Waals surface area contributed by atoms with Gasteiger partial charge in [-0.05, 0) is 45.2 Å². The first-order valence-corrected chi connectivity index (χ1v) is 6.75. The van der Waals surface area contributed by atoms with Crippen LogP contribution < -0.4 is 4.72 Å². The standard InChI is InChI=1S/C12H18N2OS/c1-12(2,3)16(15)14-11-7-6-10-9(11)5-4-8-13-10/h4-5,8,11,14H,6-7H2,1-3H3/t11-,16+/m1/s1. The zero-order chi connectivity index (χ0) is 11.8. The molecule has 0 aromatic carbocycles.